The van der Waals surface area contributed by atoms with Crippen molar-refractivity contribution in [3.8, 4) is 11.3 Å². The van der Waals surface area contributed by atoms with Crippen molar-refractivity contribution in [2.75, 3.05) is 0 Å². The number of hydrazone groups is 1. The van der Waals surface area contributed by atoms with Crippen LogP contribution in [0.5, 0.6) is 0 Å². The van der Waals surface area contributed by atoms with Crippen molar-refractivity contribution in [3.05, 3.63) is 81.5 Å². The molecule has 1 amide bonds. The highest BCUT2D eigenvalue weighted by Gasteiger charge is 2.13. The molecule has 0 aliphatic heterocycles. The average Bonchev–Trinajstić information content (AvgIpc) is 3.17. The zero-order valence-electron chi connectivity index (χ0n) is 14.8. The summed E-state index contributed by atoms with van der Waals surface area (Å²) in [5, 5.41) is 21.6. The maximum Gasteiger partial charge on any atom is 0.289 e. The molecule has 0 radical (unpaired) electrons. The van der Waals surface area contributed by atoms with Crippen molar-refractivity contribution in [3.63, 3.8) is 0 Å². The van der Waals surface area contributed by atoms with Gasteiger partial charge in [0.2, 0.25) is 0 Å². The molecule has 0 fully saturated rings. The number of hydrogen-bond donors (Lipinski definition) is 2. The summed E-state index contributed by atoms with van der Waals surface area (Å²) in [5.74, 6) is -0.453. The van der Waals surface area contributed by atoms with Gasteiger partial charge in [0.25, 0.3) is 11.6 Å². The molecular formula is C19H17N5O3. The Kier molecular flexibility index (Phi) is 5.07. The summed E-state index contributed by atoms with van der Waals surface area (Å²) < 4.78 is 0. The molecule has 0 saturated carbocycles. The van der Waals surface area contributed by atoms with Crippen LogP contribution < -0.4 is 5.43 Å². The van der Waals surface area contributed by atoms with Crippen molar-refractivity contribution in [2.24, 2.45) is 5.10 Å². The zero-order chi connectivity index (χ0) is 19.4. The number of aromatic amines is 1. The first kappa shape index (κ1) is 18.0. The van der Waals surface area contributed by atoms with Crippen molar-refractivity contribution in [1.82, 2.24) is 15.6 Å². The van der Waals surface area contributed by atoms with Gasteiger partial charge in [-0.2, -0.15) is 10.2 Å². The molecule has 3 aromatic rings. The van der Waals surface area contributed by atoms with Gasteiger partial charge < -0.3 is 0 Å². The highest BCUT2D eigenvalue weighted by molar-refractivity contribution is 6.00. The number of carbonyl (C=O) groups excluding carboxylic acids is 1. The highest BCUT2D eigenvalue weighted by Crippen LogP contribution is 2.22. The topological polar surface area (TPSA) is 113 Å². The second kappa shape index (κ2) is 7.61. The van der Waals surface area contributed by atoms with E-state index in [1.807, 2.05) is 31.2 Å². The van der Waals surface area contributed by atoms with Gasteiger partial charge in [0.1, 0.15) is 5.69 Å². The number of nitrogens with one attached hydrogen (secondary N) is 2. The van der Waals surface area contributed by atoms with E-state index in [0.717, 1.165) is 11.1 Å². The van der Waals surface area contributed by atoms with Gasteiger partial charge >= 0.3 is 0 Å². The number of benzene rings is 2. The number of carbonyl (C=O) groups is 1. The van der Waals surface area contributed by atoms with E-state index in [4.69, 9.17) is 0 Å². The molecule has 1 heterocycles. The summed E-state index contributed by atoms with van der Waals surface area (Å²) in [7, 11) is 0. The molecular weight excluding hydrogens is 346 g/mol. The third-order valence-electron chi connectivity index (χ3n) is 3.97. The number of aryl methyl sites for hydroxylation is 1. The number of hydrogen-bond acceptors (Lipinski definition) is 5. The summed E-state index contributed by atoms with van der Waals surface area (Å²) in [6, 6.07) is 15.4. The van der Waals surface area contributed by atoms with Gasteiger partial charge in [0.15, 0.2) is 0 Å². The van der Waals surface area contributed by atoms with Gasteiger partial charge in [0.05, 0.1) is 16.3 Å². The number of non-ortho nitro benzene ring substituents is 1. The van der Waals surface area contributed by atoms with E-state index in [-0.39, 0.29) is 11.4 Å². The molecule has 0 unspecified atom stereocenters. The van der Waals surface area contributed by atoms with Crippen molar-refractivity contribution in [1.29, 1.82) is 0 Å². The van der Waals surface area contributed by atoms with Gasteiger partial charge in [-0.05, 0) is 25.5 Å². The smallest absolute Gasteiger partial charge is 0.272 e. The van der Waals surface area contributed by atoms with Gasteiger partial charge in [0, 0.05) is 17.7 Å². The third kappa shape index (κ3) is 4.24. The Morgan fingerprint density at radius 1 is 1.19 bits per heavy atom. The fraction of sp³-hybridized carbons (Fsp3) is 0.105. The SMILES string of the molecule is C/C(=N\NC(=O)c1cc(-c2cccc([N+](=O)[O-])c2)n[nH]1)c1ccc(C)cc1. The Labute approximate surface area is 155 Å². The molecule has 0 spiro atoms. The Morgan fingerprint density at radius 2 is 1.93 bits per heavy atom. The molecule has 2 N–H and O–H groups in total. The Hall–Kier alpha value is -3.81. The molecule has 0 saturated heterocycles. The van der Waals surface area contributed by atoms with Crippen LogP contribution >= 0.6 is 0 Å². The fourth-order valence-electron chi connectivity index (χ4n) is 2.42. The minimum absolute atomic E-state index is 0.0418. The summed E-state index contributed by atoms with van der Waals surface area (Å²) in [4.78, 5) is 22.7. The summed E-state index contributed by atoms with van der Waals surface area (Å²) in [6.45, 7) is 3.79. The molecule has 136 valence electrons. The van der Waals surface area contributed by atoms with Crippen molar-refractivity contribution in [2.45, 2.75) is 13.8 Å². The average molecular weight is 363 g/mol. The van der Waals surface area contributed by atoms with Crippen LogP contribution in [0.3, 0.4) is 0 Å². The first-order valence-electron chi connectivity index (χ1n) is 8.16. The fourth-order valence-corrected chi connectivity index (χ4v) is 2.42. The van der Waals surface area contributed by atoms with Crippen LogP contribution in [-0.4, -0.2) is 26.7 Å². The first-order chi connectivity index (χ1) is 12.9. The lowest BCUT2D eigenvalue weighted by Crippen LogP contribution is -2.19. The quantitative estimate of drug-likeness (QED) is 0.410. The number of amides is 1. The maximum absolute atomic E-state index is 12.3. The zero-order valence-corrected chi connectivity index (χ0v) is 14.8. The normalized spacial score (nSPS) is 11.3. The Balaban J connectivity index is 1.73. The van der Waals surface area contributed by atoms with Gasteiger partial charge in [-0.25, -0.2) is 5.43 Å². The van der Waals surface area contributed by atoms with Crippen LogP contribution in [0.2, 0.25) is 0 Å². The van der Waals surface area contributed by atoms with E-state index >= 15 is 0 Å². The van der Waals surface area contributed by atoms with E-state index in [2.05, 4.69) is 20.7 Å². The predicted octanol–water partition coefficient (Wildman–Crippen LogP) is 3.45. The van der Waals surface area contributed by atoms with Crippen LogP contribution in [-0.2, 0) is 0 Å². The van der Waals surface area contributed by atoms with E-state index in [1.54, 1.807) is 19.1 Å². The molecule has 8 heteroatoms. The minimum Gasteiger partial charge on any atom is -0.272 e. The summed E-state index contributed by atoms with van der Waals surface area (Å²) >= 11 is 0. The molecule has 8 nitrogen and oxygen atoms in total. The van der Waals surface area contributed by atoms with Crippen LogP contribution in [0.4, 0.5) is 5.69 Å². The lowest BCUT2D eigenvalue weighted by molar-refractivity contribution is -0.384. The number of nitro benzene ring substituents is 1. The summed E-state index contributed by atoms with van der Waals surface area (Å²) in [5.41, 5.74) is 6.33. The molecule has 0 aliphatic rings. The molecule has 0 atom stereocenters. The molecule has 0 bridgehead atoms. The van der Waals surface area contributed by atoms with E-state index in [0.29, 0.717) is 17.0 Å². The molecule has 3 rings (SSSR count). The Morgan fingerprint density at radius 3 is 2.63 bits per heavy atom. The molecule has 27 heavy (non-hydrogen) atoms. The van der Waals surface area contributed by atoms with E-state index in [1.165, 1.54) is 18.2 Å². The maximum atomic E-state index is 12.3. The molecule has 2 aromatic carbocycles. The lowest BCUT2D eigenvalue weighted by Gasteiger charge is -2.02. The number of H-pyrrole nitrogens is 1. The van der Waals surface area contributed by atoms with E-state index < -0.39 is 10.8 Å². The van der Waals surface area contributed by atoms with Gasteiger partial charge in [-0.15, -0.1) is 0 Å². The van der Waals surface area contributed by atoms with Gasteiger partial charge in [-0.3, -0.25) is 20.0 Å². The summed E-state index contributed by atoms with van der Waals surface area (Å²) in [6.07, 6.45) is 0. The molecule has 1 aromatic heterocycles. The predicted molar refractivity (Wildman–Crippen MR) is 102 cm³/mol. The number of nitro groups is 1. The number of aromatic nitrogens is 2. The number of rotatable bonds is 5. The van der Waals surface area contributed by atoms with Crippen molar-refractivity contribution < 1.29 is 9.72 Å². The van der Waals surface area contributed by atoms with Crippen LogP contribution in [0.1, 0.15) is 28.5 Å². The third-order valence-corrected chi connectivity index (χ3v) is 3.97. The second-order valence-corrected chi connectivity index (χ2v) is 5.98. The van der Waals surface area contributed by atoms with Crippen LogP contribution in [0.25, 0.3) is 11.3 Å². The van der Waals surface area contributed by atoms with Crippen molar-refractivity contribution >= 4 is 17.3 Å². The standard InChI is InChI=1S/C19H17N5O3/c1-12-6-8-14(9-7-12)13(2)20-23-19(25)18-11-17(21-22-18)15-4-3-5-16(10-15)24(26)27/h3-11H,1-2H3,(H,21,22)(H,23,25)/b20-13+. The van der Waals surface area contributed by atoms with Crippen LogP contribution in [0, 0.1) is 17.0 Å². The highest BCUT2D eigenvalue weighted by atomic mass is 16.6. The van der Waals surface area contributed by atoms with Crippen LogP contribution in [0.15, 0.2) is 59.7 Å². The Bertz CT molecular complexity index is 1020. The minimum atomic E-state index is -0.480. The van der Waals surface area contributed by atoms with Gasteiger partial charge in [-0.1, -0.05) is 42.0 Å². The van der Waals surface area contributed by atoms with E-state index in [9.17, 15) is 14.9 Å². The lowest BCUT2D eigenvalue weighted by atomic mass is 10.1. The first-order valence-corrected chi connectivity index (χ1v) is 8.16. The molecule has 0 aliphatic carbocycles. The largest absolute Gasteiger partial charge is 0.289 e. The monoisotopic (exact) mass is 363 g/mol. The second-order valence-electron chi connectivity index (χ2n) is 5.98. The number of nitrogens with zero attached hydrogens (tertiary/aromatic N) is 3.